The molecule has 0 radical (unpaired) electrons. The molecule has 0 saturated heterocycles. The van der Waals surface area contributed by atoms with Gasteiger partial charge in [-0.15, -0.1) is 0 Å². The van der Waals surface area contributed by atoms with Crippen LogP contribution in [0.4, 0.5) is 0 Å². The zero-order valence-electron chi connectivity index (χ0n) is 20.8. The monoisotopic (exact) mass is 411 g/mol. The van der Waals surface area contributed by atoms with E-state index in [4.69, 9.17) is 4.74 Å². The first kappa shape index (κ1) is 27.6. The highest BCUT2D eigenvalue weighted by atomic mass is 16.5. The van der Waals surface area contributed by atoms with Gasteiger partial charge in [0.2, 0.25) is 11.8 Å². The Kier molecular flexibility index (Phi) is 10.6. The van der Waals surface area contributed by atoms with Crippen molar-refractivity contribution < 1.29 is 14.3 Å². The molecule has 2 N–H and O–H groups in total. The maximum atomic E-state index is 13.5. The van der Waals surface area contributed by atoms with Crippen molar-refractivity contribution in [3.63, 3.8) is 0 Å². The second kappa shape index (κ2) is 11.1. The number of ether oxygens (including phenoxy) is 1. The van der Waals surface area contributed by atoms with Gasteiger partial charge in [-0.1, -0.05) is 61.5 Å². The molecule has 6 heteroatoms. The Bertz CT molecular complexity index is 571. The zero-order chi connectivity index (χ0) is 23.2. The maximum Gasteiger partial charge on any atom is 0.245 e. The molecule has 0 unspecified atom stereocenters. The molecule has 2 amide bonds. The average molecular weight is 412 g/mol. The molecule has 0 bridgehead atoms. The molecule has 0 aliphatic heterocycles. The first-order valence-corrected chi connectivity index (χ1v) is 10.5. The Balaban J connectivity index is 5.80. The molecule has 0 aromatic heterocycles. The minimum Gasteiger partial charge on any atom is -0.380 e. The Morgan fingerprint density at radius 1 is 1.03 bits per heavy atom. The fraction of sp³-hybridized carbons (Fsp3) is 0.826. The summed E-state index contributed by atoms with van der Waals surface area (Å²) in [5.74, 6) is -0.0182. The van der Waals surface area contributed by atoms with Gasteiger partial charge in [0.1, 0.15) is 6.04 Å². The number of rotatable bonds is 9. The first-order chi connectivity index (χ1) is 13.1. The highest BCUT2D eigenvalue weighted by molar-refractivity contribution is 5.90. The minimum absolute atomic E-state index is 0.0814. The molecule has 0 aliphatic carbocycles. The number of hydrogen-bond acceptors (Lipinski definition) is 4. The van der Waals surface area contributed by atoms with Crippen LogP contribution in [0.3, 0.4) is 0 Å². The molecule has 0 aromatic carbocycles. The van der Waals surface area contributed by atoms with Gasteiger partial charge in [0, 0.05) is 14.2 Å². The van der Waals surface area contributed by atoms with Gasteiger partial charge in [-0.05, 0) is 36.3 Å². The number of carbonyl (C=O) groups excluding carboxylic acids is 2. The van der Waals surface area contributed by atoms with Gasteiger partial charge in [0.25, 0.3) is 0 Å². The highest BCUT2D eigenvalue weighted by Gasteiger charge is 2.39. The van der Waals surface area contributed by atoms with Crippen molar-refractivity contribution in [1.82, 2.24) is 15.5 Å². The van der Waals surface area contributed by atoms with Crippen molar-refractivity contribution in [3.8, 4) is 0 Å². The molecular formula is C23H45N3O3. The normalized spacial score (nSPS) is 16.4. The summed E-state index contributed by atoms with van der Waals surface area (Å²) in [6.45, 7) is 18.7. The van der Waals surface area contributed by atoms with Gasteiger partial charge in [0.15, 0.2) is 0 Å². The smallest absolute Gasteiger partial charge is 0.245 e. The fourth-order valence-corrected chi connectivity index (χ4v) is 3.50. The van der Waals surface area contributed by atoms with Gasteiger partial charge in [-0.2, -0.15) is 0 Å². The number of hydrogen-bond donors (Lipinski definition) is 2. The summed E-state index contributed by atoms with van der Waals surface area (Å²) < 4.78 is 5.21. The lowest BCUT2D eigenvalue weighted by atomic mass is 9.83. The summed E-state index contributed by atoms with van der Waals surface area (Å²) >= 11 is 0. The van der Waals surface area contributed by atoms with Crippen molar-refractivity contribution in [3.05, 3.63) is 11.6 Å². The molecule has 6 nitrogen and oxygen atoms in total. The van der Waals surface area contributed by atoms with Gasteiger partial charge in [0.05, 0.1) is 18.7 Å². The largest absolute Gasteiger partial charge is 0.380 e. The molecular weight excluding hydrogens is 366 g/mol. The number of methoxy groups -OCH3 is 1. The lowest BCUT2D eigenvalue weighted by Gasteiger charge is -2.39. The van der Waals surface area contributed by atoms with E-state index in [1.807, 2.05) is 55.5 Å². The topological polar surface area (TPSA) is 70.7 Å². The maximum absolute atomic E-state index is 13.5. The third-order valence-electron chi connectivity index (χ3n) is 5.12. The van der Waals surface area contributed by atoms with Crippen LogP contribution in [0.15, 0.2) is 11.6 Å². The second-order valence-corrected chi connectivity index (χ2v) is 10.5. The van der Waals surface area contributed by atoms with E-state index in [0.29, 0.717) is 6.61 Å². The third kappa shape index (κ3) is 8.47. The lowest BCUT2D eigenvalue weighted by Crippen LogP contribution is -2.60. The van der Waals surface area contributed by atoms with E-state index in [1.165, 1.54) is 0 Å². The molecule has 0 saturated carbocycles. The average Bonchev–Trinajstić information content (AvgIpc) is 2.54. The molecule has 170 valence electrons. The molecule has 0 spiro atoms. The van der Waals surface area contributed by atoms with E-state index in [9.17, 15) is 9.59 Å². The van der Waals surface area contributed by atoms with Gasteiger partial charge in [-0.25, -0.2) is 0 Å². The molecule has 0 heterocycles. The third-order valence-corrected chi connectivity index (χ3v) is 5.12. The molecule has 29 heavy (non-hydrogen) atoms. The summed E-state index contributed by atoms with van der Waals surface area (Å²) in [6, 6.07) is -1.10. The highest BCUT2D eigenvalue weighted by Crippen LogP contribution is 2.25. The van der Waals surface area contributed by atoms with E-state index in [2.05, 4.69) is 30.6 Å². The number of nitrogens with zero attached hydrogens (tertiary/aromatic N) is 1. The summed E-state index contributed by atoms with van der Waals surface area (Å²) in [4.78, 5) is 28.3. The van der Waals surface area contributed by atoms with Crippen molar-refractivity contribution in [2.75, 3.05) is 27.8 Å². The molecule has 3 atom stereocenters. The second-order valence-electron chi connectivity index (χ2n) is 10.5. The van der Waals surface area contributed by atoms with Crippen LogP contribution in [-0.2, 0) is 14.3 Å². The van der Waals surface area contributed by atoms with Crippen LogP contribution in [-0.4, -0.2) is 62.7 Å². The van der Waals surface area contributed by atoms with Crippen LogP contribution in [0, 0.1) is 16.7 Å². The predicted octanol–water partition coefficient (Wildman–Crippen LogP) is 3.23. The Morgan fingerprint density at radius 3 is 1.86 bits per heavy atom. The lowest BCUT2D eigenvalue weighted by molar-refractivity contribution is -0.141. The SMILES string of the molecule is CN[C@H](C(=O)N[C@H](C(=O)N(C)[C@H](C=C(C)COC)C(C)C)C(C)(C)C)C(C)(C)C. The van der Waals surface area contributed by atoms with Crippen LogP contribution in [0.25, 0.3) is 0 Å². The van der Waals surface area contributed by atoms with E-state index in [1.54, 1.807) is 19.1 Å². The summed E-state index contributed by atoms with van der Waals surface area (Å²) in [5, 5.41) is 6.12. The van der Waals surface area contributed by atoms with E-state index < -0.39 is 17.5 Å². The number of nitrogens with one attached hydrogen (secondary N) is 2. The van der Waals surface area contributed by atoms with Crippen molar-refractivity contribution in [2.24, 2.45) is 16.7 Å². The van der Waals surface area contributed by atoms with Gasteiger partial charge >= 0.3 is 0 Å². The van der Waals surface area contributed by atoms with E-state index in [0.717, 1.165) is 5.57 Å². The molecule has 0 rings (SSSR count). The summed E-state index contributed by atoms with van der Waals surface area (Å²) in [7, 11) is 5.25. The van der Waals surface area contributed by atoms with E-state index >= 15 is 0 Å². The fourth-order valence-electron chi connectivity index (χ4n) is 3.50. The minimum atomic E-state index is -0.629. The van der Waals surface area contributed by atoms with E-state index in [-0.39, 0.29) is 29.2 Å². The van der Waals surface area contributed by atoms with Crippen LogP contribution >= 0.6 is 0 Å². The standard InChI is InChI=1S/C23H45N3O3/c1-15(2)17(13-16(3)14-29-12)26(11)21(28)19(23(7,8)9)25-20(27)18(24-10)22(4,5)6/h13,15,17-19,24H,14H2,1-12H3,(H,25,27)/t17-,18-,19-/m1/s1. The summed E-state index contributed by atoms with van der Waals surface area (Å²) in [5.41, 5.74) is 0.380. The van der Waals surface area contributed by atoms with Crippen LogP contribution in [0.5, 0.6) is 0 Å². The Morgan fingerprint density at radius 2 is 1.52 bits per heavy atom. The van der Waals surface area contributed by atoms with Gasteiger partial charge in [-0.3, -0.25) is 9.59 Å². The Hall–Kier alpha value is -1.40. The van der Waals surface area contributed by atoms with Crippen molar-refractivity contribution in [2.45, 2.75) is 80.4 Å². The quantitative estimate of drug-likeness (QED) is 0.572. The number of likely N-dealkylation sites (N-methyl/N-ethyl adjacent to an activating group) is 2. The first-order valence-electron chi connectivity index (χ1n) is 10.5. The van der Waals surface area contributed by atoms with Crippen LogP contribution in [0.1, 0.15) is 62.3 Å². The number of amides is 2. The van der Waals surface area contributed by atoms with Crippen LogP contribution in [0.2, 0.25) is 0 Å². The summed E-state index contributed by atoms with van der Waals surface area (Å²) in [6.07, 6.45) is 2.08. The Labute approximate surface area is 178 Å². The van der Waals surface area contributed by atoms with Crippen LogP contribution < -0.4 is 10.6 Å². The zero-order valence-corrected chi connectivity index (χ0v) is 20.8. The van der Waals surface area contributed by atoms with Crippen molar-refractivity contribution >= 4 is 11.8 Å². The molecule has 0 aromatic rings. The van der Waals surface area contributed by atoms with Gasteiger partial charge < -0.3 is 20.3 Å². The number of carbonyl (C=O) groups is 2. The molecule has 0 aliphatic rings. The molecule has 0 fully saturated rings. The van der Waals surface area contributed by atoms with Crippen molar-refractivity contribution in [1.29, 1.82) is 0 Å². The predicted molar refractivity (Wildman–Crippen MR) is 121 cm³/mol.